The molecule has 0 radical (unpaired) electrons. The van der Waals surface area contributed by atoms with Crippen LogP contribution in [0.15, 0.2) is 71.6 Å². The van der Waals surface area contributed by atoms with Gasteiger partial charge in [-0.05, 0) is 48.9 Å². The zero-order valence-electron chi connectivity index (χ0n) is 20.4. The third kappa shape index (κ3) is 4.90. The van der Waals surface area contributed by atoms with Crippen LogP contribution < -0.4 is 19.1 Å². The second-order valence-corrected chi connectivity index (χ2v) is 10.9. The van der Waals surface area contributed by atoms with Gasteiger partial charge in [-0.2, -0.15) is 0 Å². The van der Waals surface area contributed by atoms with Crippen LogP contribution in [0.5, 0.6) is 11.5 Å². The van der Waals surface area contributed by atoms with Gasteiger partial charge in [-0.3, -0.25) is 9.62 Å². The fourth-order valence-electron chi connectivity index (χ4n) is 4.60. The molecule has 190 valence electrons. The topological polar surface area (TPSA) is 96.9 Å². The number of benzene rings is 3. The van der Waals surface area contributed by atoms with Gasteiger partial charge in [0.25, 0.3) is 10.0 Å². The van der Waals surface area contributed by atoms with E-state index < -0.39 is 10.0 Å². The highest BCUT2D eigenvalue weighted by Gasteiger charge is 2.25. The Labute approximate surface area is 215 Å². The number of nitrogens with one attached hydrogen (secondary N) is 1. The number of aromatic nitrogens is 2. The lowest BCUT2D eigenvalue weighted by Crippen LogP contribution is -2.46. The van der Waals surface area contributed by atoms with Crippen molar-refractivity contribution in [3.8, 4) is 11.5 Å². The Morgan fingerprint density at radius 3 is 2.32 bits per heavy atom. The summed E-state index contributed by atoms with van der Waals surface area (Å²) in [4.78, 5) is 14.1. The van der Waals surface area contributed by atoms with E-state index in [1.54, 1.807) is 24.3 Å². The second-order valence-electron chi connectivity index (χ2n) is 9.25. The van der Waals surface area contributed by atoms with Crippen LogP contribution in [0.4, 0.5) is 11.6 Å². The summed E-state index contributed by atoms with van der Waals surface area (Å²) in [5.74, 6) is 2.35. The van der Waals surface area contributed by atoms with Crippen LogP contribution in [0.3, 0.4) is 0 Å². The summed E-state index contributed by atoms with van der Waals surface area (Å²) in [7, 11) is -3.83. The second kappa shape index (κ2) is 9.53. The highest BCUT2D eigenvalue weighted by atomic mass is 32.2. The fraction of sp³-hybridized carbons (Fsp3) is 0.259. The van der Waals surface area contributed by atoms with Crippen LogP contribution in [0.1, 0.15) is 11.1 Å². The summed E-state index contributed by atoms with van der Waals surface area (Å²) in [5, 5.41) is 0. The average Bonchev–Trinajstić information content (AvgIpc) is 3.37. The number of nitrogens with zero attached hydrogens (tertiary/aromatic N) is 4. The SMILES string of the molecule is Cc1ccc(S(=O)(=O)Nc2nc3ccccc3nc2N2CCN(Cc3ccc4c(c3)OCO4)CC2)cc1. The van der Waals surface area contributed by atoms with Gasteiger partial charge in [0.2, 0.25) is 6.79 Å². The van der Waals surface area contributed by atoms with E-state index in [2.05, 4.69) is 25.6 Å². The maximum absolute atomic E-state index is 13.2. The monoisotopic (exact) mass is 517 g/mol. The Kier molecular flexibility index (Phi) is 6.05. The summed E-state index contributed by atoms with van der Waals surface area (Å²) in [6, 6.07) is 20.3. The summed E-state index contributed by atoms with van der Waals surface area (Å²) in [6.45, 7) is 5.96. The first-order valence-electron chi connectivity index (χ1n) is 12.2. The molecule has 3 heterocycles. The smallest absolute Gasteiger partial charge is 0.263 e. The average molecular weight is 518 g/mol. The van der Waals surface area contributed by atoms with E-state index in [0.717, 1.165) is 47.8 Å². The number of piperazine rings is 1. The van der Waals surface area contributed by atoms with Gasteiger partial charge in [0.05, 0.1) is 15.9 Å². The Morgan fingerprint density at radius 1 is 0.865 bits per heavy atom. The molecule has 1 saturated heterocycles. The number of aryl methyl sites for hydroxylation is 1. The number of hydrogen-bond donors (Lipinski definition) is 1. The molecule has 3 aromatic carbocycles. The van der Waals surface area contributed by atoms with Gasteiger partial charge >= 0.3 is 0 Å². The van der Waals surface area contributed by atoms with Crippen molar-refractivity contribution in [2.75, 3.05) is 42.6 Å². The van der Waals surface area contributed by atoms with Crippen LogP contribution in [-0.4, -0.2) is 56.3 Å². The number of fused-ring (bicyclic) bond motifs is 2. The number of anilines is 2. The maximum atomic E-state index is 13.2. The Morgan fingerprint density at radius 2 is 1.57 bits per heavy atom. The van der Waals surface area contributed by atoms with E-state index in [1.807, 2.05) is 43.3 Å². The molecule has 1 aromatic heterocycles. The summed E-state index contributed by atoms with van der Waals surface area (Å²) < 4.78 is 40.0. The fourth-order valence-corrected chi connectivity index (χ4v) is 5.60. The lowest BCUT2D eigenvalue weighted by Gasteiger charge is -2.36. The highest BCUT2D eigenvalue weighted by Crippen LogP contribution is 2.33. The normalized spacial score (nSPS) is 15.8. The molecule has 0 aliphatic carbocycles. The molecular formula is C27H27N5O4S. The summed E-state index contributed by atoms with van der Waals surface area (Å²) in [5.41, 5.74) is 3.51. The molecule has 6 rings (SSSR count). The number of para-hydroxylation sites is 2. The van der Waals surface area contributed by atoms with Crippen molar-refractivity contribution < 1.29 is 17.9 Å². The zero-order chi connectivity index (χ0) is 25.4. The first-order valence-corrected chi connectivity index (χ1v) is 13.6. The molecule has 0 spiro atoms. The molecule has 4 aromatic rings. The molecule has 9 nitrogen and oxygen atoms in total. The molecule has 0 amide bonds. The minimum atomic E-state index is -3.83. The third-order valence-corrected chi connectivity index (χ3v) is 7.98. The third-order valence-electron chi connectivity index (χ3n) is 6.63. The van der Waals surface area contributed by atoms with Crippen molar-refractivity contribution >= 4 is 32.7 Å². The number of ether oxygens (including phenoxy) is 2. The summed E-state index contributed by atoms with van der Waals surface area (Å²) >= 11 is 0. The summed E-state index contributed by atoms with van der Waals surface area (Å²) in [6.07, 6.45) is 0. The van der Waals surface area contributed by atoms with Crippen molar-refractivity contribution in [1.82, 2.24) is 14.9 Å². The van der Waals surface area contributed by atoms with Crippen molar-refractivity contribution in [3.63, 3.8) is 0 Å². The van der Waals surface area contributed by atoms with E-state index in [4.69, 9.17) is 14.5 Å². The Hall–Kier alpha value is -3.89. The molecule has 1 fully saturated rings. The van der Waals surface area contributed by atoms with E-state index >= 15 is 0 Å². The number of sulfonamides is 1. The van der Waals surface area contributed by atoms with Crippen LogP contribution in [0, 0.1) is 6.92 Å². The molecule has 10 heteroatoms. The lowest BCUT2D eigenvalue weighted by molar-refractivity contribution is 0.174. The molecule has 0 bridgehead atoms. The molecular weight excluding hydrogens is 490 g/mol. The van der Waals surface area contributed by atoms with E-state index in [1.165, 1.54) is 0 Å². The first kappa shape index (κ1) is 23.5. The van der Waals surface area contributed by atoms with Gasteiger partial charge in [0, 0.05) is 32.7 Å². The van der Waals surface area contributed by atoms with Crippen LogP contribution in [-0.2, 0) is 16.6 Å². The molecule has 0 atom stereocenters. The van der Waals surface area contributed by atoms with Crippen molar-refractivity contribution in [1.29, 1.82) is 0 Å². The van der Waals surface area contributed by atoms with E-state index in [9.17, 15) is 8.42 Å². The Bertz CT molecular complexity index is 1550. The van der Waals surface area contributed by atoms with Gasteiger partial charge < -0.3 is 14.4 Å². The maximum Gasteiger partial charge on any atom is 0.263 e. The number of hydrogen-bond acceptors (Lipinski definition) is 8. The predicted octanol–water partition coefficient (Wildman–Crippen LogP) is 3.79. The molecule has 2 aliphatic rings. The van der Waals surface area contributed by atoms with E-state index in [-0.39, 0.29) is 17.5 Å². The minimum absolute atomic E-state index is 0.188. The van der Waals surface area contributed by atoms with Gasteiger partial charge in [-0.1, -0.05) is 35.9 Å². The van der Waals surface area contributed by atoms with Gasteiger partial charge in [0.1, 0.15) is 0 Å². The molecule has 0 saturated carbocycles. The van der Waals surface area contributed by atoms with Crippen LogP contribution >= 0.6 is 0 Å². The van der Waals surface area contributed by atoms with Crippen LogP contribution in [0.2, 0.25) is 0 Å². The van der Waals surface area contributed by atoms with E-state index in [0.29, 0.717) is 24.4 Å². The zero-order valence-corrected chi connectivity index (χ0v) is 21.2. The highest BCUT2D eigenvalue weighted by molar-refractivity contribution is 7.92. The molecule has 2 aliphatic heterocycles. The van der Waals surface area contributed by atoms with Crippen LogP contribution in [0.25, 0.3) is 11.0 Å². The van der Waals surface area contributed by atoms with Crippen molar-refractivity contribution in [3.05, 3.63) is 77.9 Å². The molecule has 0 unspecified atom stereocenters. The molecule has 37 heavy (non-hydrogen) atoms. The largest absolute Gasteiger partial charge is 0.454 e. The van der Waals surface area contributed by atoms with Crippen molar-refractivity contribution in [2.24, 2.45) is 0 Å². The first-order chi connectivity index (χ1) is 17.9. The lowest BCUT2D eigenvalue weighted by atomic mass is 10.1. The predicted molar refractivity (Wildman–Crippen MR) is 142 cm³/mol. The standard InChI is InChI=1S/C27H27N5O4S/c1-19-6-9-21(10-7-19)37(33,34)30-26-27(29-23-5-3-2-4-22(23)28-26)32-14-12-31(13-15-32)17-20-8-11-24-25(16-20)36-18-35-24/h2-11,16H,12-15,17-18H2,1H3,(H,28,30). The Balaban J connectivity index is 1.23. The van der Waals surface area contributed by atoms with Gasteiger partial charge in [-0.25, -0.2) is 18.4 Å². The van der Waals surface area contributed by atoms with Crippen molar-refractivity contribution in [2.45, 2.75) is 18.4 Å². The van der Waals surface area contributed by atoms with Gasteiger partial charge in [0.15, 0.2) is 23.1 Å². The number of rotatable bonds is 6. The quantitative estimate of drug-likeness (QED) is 0.413. The molecule has 1 N–H and O–H groups in total. The minimum Gasteiger partial charge on any atom is -0.454 e. The van der Waals surface area contributed by atoms with Gasteiger partial charge in [-0.15, -0.1) is 0 Å².